The molecule has 0 bridgehead atoms. The lowest BCUT2D eigenvalue weighted by Gasteiger charge is -2.38. The summed E-state index contributed by atoms with van der Waals surface area (Å²) in [4.78, 5) is 17.6. The van der Waals surface area contributed by atoms with Crippen molar-refractivity contribution in [2.75, 3.05) is 13.1 Å². The van der Waals surface area contributed by atoms with Gasteiger partial charge in [0.05, 0.1) is 25.5 Å². The molecule has 0 aromatic carbocycles. The molecule has 0 N–H and O–H groups in total. The number of ether oxygens (including phenoxy) is 1. The fraction of sp³-hybridized carbons (Fsp3) is 0.200. The molecule has 3 rings (SSSR count). The molecule has 1 aliphatic heterocycles. The largest absolute Gasteiger partial charge is 0.485 e. The van der Waals surface area contributed by atoms with Crippen LogP contribution in [-0.4, -0.2) is 35.0 Å². The minimum atomic E-state index is -0.0348. The number of pyridine rings is 1. The van der Waals surface area contributed by atoms with Crippen LogP contribution in [0.1, 0.15) is 5.76 Å². The lowest BCUT2D eigenvalue weighted by atomic mass is 10.1. The summed E-state index contributed by atoms with van der Waals surface area (Å²) in [6.45, 7) is 1.19. The van der Waals surface area contributed by atoms with Crippen molar-refractivity contribution >= 4 is 12.0 Å². The van der Waals surface area contributed by atoms with E-state index in [2.05, 4.69) is 4.98 Å². The smallest absolute Gasteiger partial charge is 0.246 e. The molecule has 1 amide bonds. The van der Waals surface area contributed by atoms with Crippen molar-refractivity contribution in [2.45, 2.75) is 6.10 Å². The van der Waals surface area contributed by atoms with E-state index in [4.69, 9.17) is 9.15 Å². The van der Waals surface area contributed by atoms with Gasteiger partial charge in [0.25, 0.3) is 0 Å². The molecular weight excluding hydrogens is 256 g/mol. The molecule has 2 aromatic heterocycles. The third-order valence-electron chi connectivity index (χ3n) is 3.03. The van der Waals surface area contributed by atoms with Gasteiger partial charge in [-0.15, -0.1) is 0 Å². The number of hydrogen-bond donors (Lipinski definition) is 0. The van der Waals surface area contributed by atoms with Crippen LogP contribution in [-0.2, 0) is 4.79 Å². The molecule has 0 spiro atoms. The first kappa shape index (κ1) is 12.5. The van der Waals surface area contributed by atoms with E-state index < -0.39 is 0 Å². The van der Waals surface area contributed by atoms with Gasteiger partial charge in [-0.3, -0.25) is 9.78 Å². The summed E-state index contributed by atoms with van der Waals surface area (Å²) in [5.74, 6) is 1.37. The van der Waals surface area contributed by atoms with Gasteiger partial charge in [0.1, 0.15) is 17.6 Å². The number of carbonyl (C=O) groups excluding carboxylic acids is 1. The van der Waals surface area contributed by atoms with Crippen molar-refractivity contribution in [1.82, 2.24) is 9.88 Å². The van der Waals surface area contributed by atoms with E-state index in [0.29, 0.717) is 18.8 Å². The van der Waals surface area contributed by atoms with Crippen LogP contribution in [0.3, 0.4) is 0 Å². The van der Waals surface area contributed by atoms with Crippen molar-refractivity contribution in [1.29, 1.82) is 0 Å². The Labute approximate surface area is 116 Å². The first-order valence-electron chi connectivity index (χ1n) is 6.38. The van der Waals surface area contributed by atoms with E-state index in [0.717, 1.165) is 5.75 Å². The van der Waals surface area contributed by atoms with Crippen LogP contribution < -0.4 is 4.74 Å². The minimum Gasteiger partial charge on any atom is -0.485 e. The van der Waals surface area contributed by atoms with Crippen LogP contribution in [0.25, 0.3) is 6.08 Å². The summed E-state index contributed by atoms with van der Waals surface area (Å²) >= 11 is 0. The molecule has 20 heavy (non-hydrogen) atoms. The van der Waals surface area contributed by atoms with Crippen LogP contribution >= 0.6 is 0 Å². The lowest BCUT2D eigenvalue weighted by Crippen LogP contribution is -2.55. The molecule has 0 radical (unpaired) electrons. The van der Waals surface area contributed by atoms with Gasteiger partial charge in [0.2, 0.25) is 5.91 Å². The molecule has 102 valence electrons. The molecule has 5 nitrogen and oxygen atoms in total. The van der Waals surface area contributed by atoms with Gasteiger partial charge in [-0.05, 0) is 30.3 Å². The van der Waals surface area contributed by atoms with E-state index in [1.54, 1.807) is 41.8 Å². The van der Waals surface area contributed by atoms with Crippen molar-refractivity contribution in [2.24, 2.45) is 0 Å². The maximum atomic E-state index is 11.8. The molecular formula is C15H14N2O3. The molecule has 0 unspecified atom stereocenters. The van der Waals surface area contributed by atoms with Crippen molar-refractivity contribution in [3.8, 4) is 5.75 Å². The zero-order valence-electron chi connectivity index (χ0n) is 10.8. The first-order chi connectivity index (χ1) is 9.81. The number of likely N-dealkylation sites (tertiary alicyclic amines) is 1. The second-order valence-electron chi connectivity index (χ2n) is 4.52. The standard InChI is InChI=1S/C15H14N2O3/c18-15(6-5-12-4-2-8-19-12)17-10-14(11-17)20-13-3-1-7-16-9-13/h1-9,14H,10-11H2. The van der Waals surface area contributed by atoms with Crippen LogP contribution in [0.5, 0.6) is 5.75 Å². The third-order valence-corrected chi connectivity index (χ3v) is 3.03. The van der Waals surface area contributed by atoms with Crippen LogP contribution in [0.15, 0.2) is 53.4 Å². The molecule has 0 saturated carbocycles. The Balaban J connectivity index is 1.47. The maximum absolute atomic E-state index is 11.8. The van der Waals surface area contributed by atoms with Gasteiger partial charge < -0.3 is 14.1 Å². The molecule has 1 saturated heterocycles. The fourth-order valence-electron chi connectivity index (χ4n) is 1.95. The molecule has 1 fully saturated rings. The summed E-state index contributed by atoms with van der Waals surface area (Å²) in [5, 5.41) is 0. The molecule has 0 aliphatic carbocycles. The molecule has 0 atom stereocenters. The highest BCUT2D eigenvalue weighted by Gasteiger charge is 2.31. The van der Waals surface area contributed by atoms with Gasteiger partial charge >= 0.3 is 0 Å². The van der Waals surface area contributed by atoms with E-state index in [1.807, 2.05) is 12.1 Å². The Bertz CT molecular complexity index is 587. The predicted octanol–water partition coefficient (Wildman–Crippen LogP) is 1.98. The lowest BCUT2D eigenvalue weighted by molar-refractivity contribution is -0.134. The first-order valence-corrected chi connectivity index (χ1v) is 6.38. The average Bonchev–Trinajstić information content (AvgIpc) is 2.94. The van der Waals surface area contributed by atoms with E-state index >= 15 is 0 Å². The van der Waals surface area contributed by atoms with E-state index in [9.17, 15) is 4.79 Å². The van der Waals surface area contributed by atoms with Crippen molar-refractivity contribution in [3.63, 3.8) is 0 Å². The average molecular weight is 270 g/mol. The Kier molecular flexibility index (Phi) is 3.50. The quantitative estimate of drug-likeness (QED) is 0.797. The van der Waals surface area contributed by atoms with Crippen molar-refractivity contribution in [3.05, 3.63) is 54.8 Å². The Morgan fingerprint density at radius 3 is 3.00 bits per heavy atom. The number of hydrogen-bond acceptors (Lipinski definition) is 4. The van der Waals surface area contributed by atoms with Gasteiger partial charge in [0, 0.05) is 12.3 Å². The highest BCUT2D eigenvalue weighted by Crippen LogP contribution is 2.17. The zero-order chi connectivity index (χ0) is 13.8. The monoisotopic (exact) mass is 270 g/mol. The minimum absolute atomic E-state index is 0.0348. The summed E-state index contributed by atoms with van der Waals surface area (Å²) in [7, 11) is 0. The highest BCUT2D eigenvalue weighted by molar-refractivity contribution is 5.92. The molecule has 3 heterocycles. The Morgan fingerprint density at radius 2 is 2.30 bits per heavy atom. The second-order valence-corrected chi connectivity index (χ2v) is 4.52. The summed E-state index contributed by atoms with van der Waals surface area (Å²) in [5.41, 5.74) is 0. The number of aromatic nitrogens is 1. The molecule has 1 aliphatic rings. The van der Waals surface area contributed by atoms with Crippen LogP contribution in [0, 0.1) is 0 Å². The van der Waals surface area contributed by atoms with Gasteiger partial charge in [-0.2, -0.15) is 0 Å². The maximum Gasteiger partial charge on any atom is 0.246 e. The number of rotatable bonds is 4. The topological polar surface area (TPSA) is 55.6 Å². The predicted molar refractivity (Wildman–Crippen MR) is 73.0 cm³/mol. The summed E-state index contributed by atoms with van der Waals surface area (Å²) in [6, 6.07) is 7.26. The number of amides is 1. The Morgan fingerprint density at radius 1 is 1.40 bits per heavy atom. The van der Waals surface area contributed by atoms with Gasteiger partial charge in [-0.25, -0.2) is 0 Å². The van der Waals surface area contributed by atoms with E-state index in [1.165, 1.54) is 6.08 Å². The second kappa shape index (κ2) is 5.61. The summed E-state index contributed by atoms with van der Waals surface area (Å²) in [6.07, 6.45) is 8.16. The van der Waals surface area contributed by atoms with Crippen LogP contribution in [0.2, 0.25) is 0 Å². The van der Waals surface area contributed by atoms with Crippen molar-refractivity contribution < 1.29 is 13.9 Å². The van der Waals surface area contributed by atoms with Gasteiger partial charge in [-0.1, -0.05) is 0 Å². The number of nitrogens with zero attached hydrogens (tertiary/aromatic N) is 2. The number of carbonyl (C=O) groups is 1. The molecule has 2 aromatic rings. The highest BCUT2D eigenvalue weighted by atomic mass is 16.5. The van der Waals surface area contributed by atoms with Crippen LogP contribution in [0.4, 0.5) is 0 Å². The fourth-order valence-corrected chi connectivity index (χ4v) is 1.95. The normalized spacial score (nSPS) is 15.3. The Hall–Kier alpha value is -2.56. The zero-order valence-corrected chi connectivity index (χ0v) is 10.8. The number of furan rings is 1. The third kappa shape index (κ3) is 2.88. The molecule has 5 heteroatoms. The summed E-state index contributed by atoms with van der Waals surface area (Å²) < 4.78 is 10.8. The van der Waals surface area contributed by atoms with E-state index in [-0.39, 0.29) is 12.0 Å². The SMILES string of the molecule is O=C(C=Cc1ccco1)N1CC(Oc2cccnc2)C1. The van der Waals surface area contributed by atoms with Gasteiger partial charge in [0.15, 0.2) is 0 Å².